The molecule has 0 saturated carbocycles. The minimum absolute atomic E-state index is 0.163. The highest BCUT2D eigenvalue weighted by Crippen LogP contribution is 2.46. The Labute approximate surface area is 143 Å². The summed E-state index contributed by atoms with van der Waals surface area (Å²) in [5, 5.41) is 13.8. The molecule has 128 valence electrons. The van der Waals surface area contributed by atoms with Crippen LogP contribution in [0, 0.1) is 5.82 Å². The van der Waals surface area contributed by atoms with Crippen LogP contribution in [0.1, 0.15) is 31.0 Å². The maximum absolute atomic E-state index is 14.7. The first kappa shape index (κ1) is 16.9. The van der Waals surface area contributed by atoms with Crippen LogP contribution in [-0.2, 0) is 5.41 Å². The third kappa shape index (κ3) is 2.92. The molecule has 2 N–H and O–H groups in total. The first-order valence-electron chi connectivity index (χ1n) is 8.39. The Morgan fingerprint density at radius 1 is 1.17 bits per heavy atom. The number of hydrogen-bond donors (Lipinski definition) is 2. The number of nitrogens with zero attached hydrogens (tertiary/aromatic N) is 1. The zero-order chi connectivity index (χ0) is 17.3. The minimum Gasteiger partial charge on any atom is -0.389 e. The molecular formula is C20H25FN2O. The fourth-order valence-electron chi connectivity index (χ4n) is 3.76. The van der Waals surface area contributed by atoms with Crippen molar-refractivity contribution < 1.29 is 9.50 Å². The van der Waals surface area contributed by atoms with E-state index in [1.807, 2.05) is 48.3 Å². The Morgan fingerprint density at radius 3 is 2.54 bits per heavy atom. The van der Waals surface area contributed by atoms with Gasteiger partial charge in [0.05, 0.1) is 17.8 Å². The van der Waals surface area contributed by atoms with Gasteiger partial charge in [-0.3, -0.25) is 0 Å². The predicted molar refractivity (Wildman–Crippen MR) is 95.9 cm³/mol. The van der Waals surface area contributed by atoms with E-state index in [1.54, 1.807) is 6.07 Å². The van der Waals surface area contributed by atoms with E-state index in [1.165, 1.54) is 6.07 Å². The molecule has 0 spiro atoms. The van der Waals surface area contributed by atoms with Gasteiger partial charge in [0.15, 0.2) is 0 Å². The molecule has 0 fully saturated rings. The summed E-state index contributed by atoms with van der Waals surface area (Å²) in [4.78, 5) is 2.03. The highest BCUT2D eigenvalue weighted by Gasteiger charge is 2.42. The maximum Gasteiger partial charge on any atom is 0.146 e. The molecule has 0 amide bonds. The number of hydrogen-bond acceptors (Lipinski definition) is 3. The van der Waals surface area contributed by atoms with Crippen LogP contribution in [0.15, 0.2) is 48.5 Å². The molecule has 3 nitrogen and oxygen atoms in total. The average molecular weight is 328 g/mol. The summed E-state index contributed by atoms with van der Waals surface area (Å²) in [5.74, 6) is -0.226. The van der Waals surface area contributed by atoms with Crippen molar-refractivity contribution in [2.45, 2.75) is 31.4 Å². The number of anilines is 1. The Hall–Kier alpha value is -1.91. The molecule has 4 heteroatoms. The van der Waals surface area contributed by atoms with Crippen molar-refractivity contribution in [1.29, 1.82) is 0 Å². The Balaban J connectivity index is 2.10. The van der Waals surface area contributed by atoms with Gasteiger partial charge in [0.25, 0.3) is 0 Å². The summed E-state index contributed by atoms with van der Waals surface area (Å²) in [6, 6.07) is 14.8. The van der Waals surface area contributed by atoms with E-state index in [9.17, 15) is 9.50 Å². The monoisotopic (exact) mass is 328 g/mol. The van der Waals surface area contributed by atoms with Crippen molar-refractivity contribution in [1.82, 2.24) is 5.32 Å². The maximum atomic E-state index is 14.7. The van der Waals surface area contributed by atoms with Gasteiger partial charge < -0.3 is 15.3 Å². The number of halogens is 1. The molecule has 0 saturated heterocycles. The molecule has 0 unspecified atom stereocenters. The molecule has 0 aromatic heterocycles. The van der Waals surface area contributed by atoms with E-state index in [-0.39, 0.29) is 17.3 Å². The van der Waals surface area contributed by atoms with Crippen molar-refractivity contribution >= 4 is 5.69 Å². The van der Waals surface area contributed by atoms with E-state index in [2.05, 4.69) is 19.2 Å². The summed E-state index contributed by atoms with van der Waals surface area (Å²) in [7, 11) is 1.81. The highest BCUT2D eigenvalue weighted by molar-refractivity contribution is 5.64. The highest BCUT2D eigenvalue weighted by atomic mass is 19.1. The molecule has 2 atom stereocenters. The number of aliphatic hydroxyl groups excluding tert-OH is 1. The van der Waals surface area contributed by atoms with Gasteiger partial charge in [-0.05, 0) is 24.2 Å². The second-order valence-corrected chi connectivity index (χ2v) is 7.13. The molecule has 1 heterocycles. The lowest BCUT2D eigenvalue weighted by atomic mass is 9.87. The lowest BCUT2D eigenvalue weighted by molar-refractivity contribution is 0.139. The summed E-state index contributed by atoms with van der Waals surface area (Å²) in [6.07, 6.45) is -0.640. The third-order valence-electron chi connectivity index (χ3n) is 4.82. The van der Waals surface area contributed by atoms with E-state index in [0.29, 0.717) is 18.8 Å². The molecule has 0 aliphatic carbocycles. The van der Waals surface area contributed by atoms with Crippen LogP contribution in [0.2, 0.25) is 0 Å². The van der Waals surface area contributed by atoms with Gasteiger partial charge in [0.2, 0.25) is 0 Å². The molecule has 3 rings (SSSR count). The van der Waals surface area contributed by atoms with Crippen LogP contribution in [0.5, 0.6) is 0 Å². The molecule has 0 radical (unpaired) electrons. The number of rotatable bonds is 5. The summed E-state index contributed by atoms with van der Waals surface area (Å²) < 4.78 is 14.7. The van der Waals surface area contributed by atoms with Crippen molar-refractivity contribution in [3.63, 3.8) is 0 Å². The Bertz CT molecular complexity index is 702. The lowest BCUT2D eigenvalue weighted by Crippen LogP contribution is -2.42. The smallest absolute Gasteiger partial charge is 0.146 e. The van der Waals surface area contributed by atoms with Gasteiger partial charge in [0.1, 0.15) is 5.82 Å². The summed E-state index contributed by atoms with van der Waals surface area (Å²) in [5.41, 5.74) is 2.45. The van der Waals surface area contributed by atoms with E-state index in [4.69, 9.17) is 0 Å². The standard InChI is InChI=1S/C20H25FN2O/c1-20(2)13-23(19-15(20)10-7-11-16(19)21)18(17(24)12-22-3)14-8-5-4-6-9-14/h4-11,17-18,22,24H,12-13H2,1-3H3/t17-,18+/m1/s1. The van der Waals surface area contributed by atoms with Crippen molar-refractivity contribution in [3.8, 4) is 0 Å². The molecule has 2 aromatic carbocycles. The lowest BCUT2D eigenvalue weighted by Gasteiger charge is -2.35. The van der Waals surface area contributed by atoms with Gasteiger partial charge in [-0.25, -0.2) is 4.39 Å². The predicted octanol–water partition coefficient (Wildman–Crippen LogP) is 3.24. The van der Waals surface area contributed by atoms with Crippen molar-refractivity contribution in [2.24, 2.45) is 0 Å². The topological polar surface area (TPSA) is 35.5 Å². The number of likely N-dealkylation sites (N-methyl/N-ethyl adjacent to an activating group) is 1. The molecule has 24 heavy (non-hydrogen) atoms. The third-order valence-corrected chi connectivity index (χ3v) is 4.82. The summed E-state index contributed by atoms with van der Waals surface area (Å²) >= 11 is 0. The summed E-state index contributed by atoms with van der Waals surface area (Å²) in [6.45, 7) is 5.36. The first-order valence-corrected chi connectivity index (χ1v) is 8.39. The van der Waals surface area contributed by atoms with Gasteiger partial charge in [-0.1, -0.05) is 56.3 Å². The number of nitrogens with one attached hydrogen (secondary N) is 1. The van der Waals surface area contributed by atoms with Crippen LogP contribution in [0.25, 0.3) is 0 Å². The minimum atomic E-state index is -0.640. The first-order chi connectivity index (χ1) is 11.5. The van der Waals surface area contributed by atoms with Gasteiger partial charge in [0, 0.05) is 18.5 Å². The number of para-hydroxylation sites is 1. The Morgan fingerprint density at radius 2 is 1.88 bits per heavy atom. The number of aliphatic hydroxyl groups is 1. The van der Waals surface area contributed by atoms with Gasteiger partial charge >= 0.3 is 0 Å². The van der Waals surface area contributed by atoms with Gasteiger partial charge in [-0.15, -0.1) is 0 Å². The van der Waals surface area contributed by atoms with Crippen LogP contribution >= 0.6 is 0 Å². The normalized spacial score (nSPS) is 18.3. The van der Waals surface area contributed by atoms with E-state index in [0.717, 1.165) is 11.1 Å². The second-order valence-electron chi connectivity index (χ2n) is 7.13. The zero-order valence-corrected chi connectivity index (χ0v) is 14.5. The molecule has 2 aromatic rings. The fourth-order valence-corrected chi connectivity index (χ4v) is 3.76. The van der Waals surface area contributed by atoms with Crippen LogP contribution in [-0.4, -0.2) is 31.3 Å². The second kappa shape index (κ2) is 6.54. The molecule has 0 bridgehead atoms. The number of fused-ring (bicyclic) bond motifs is 1. The van der Waals surface area contributed by atoms with E-state index < -0.39 is 6.10 Å². The van der Waals surface area contributed by atoms with Crippen LogP contribution in [0.4, 0.5) is 10.1 Å². The SMILES string of the molecule is CNC[C@@H](O)[C@H](c1ccccc1)N1CC(C)(C)c2cccc(F)c21. The van der Waals surface area contributed by atoms with Crippen molar-refractivity contribution in [3.05, 3.63) is 65.5 Å². The van der Waals surface area contributed by atoms with E-state index >= 15 is 0 Å². The van der Waals surface area contributed by atoms with Crippen LogP contribution < -0.4 is 10.2 Å². The number of benzene rings is 2. The molecule has 1 aliphatic heterocycles. The quantitative estimate of drug-likeness (QED) is 0.884. The van der Waals surface area contributed by atoms with Gasteiger partial charge in [-0.2, -0.15) is 0 Å². The molecule has 1 aliphatic rings. The Kier molecular flexibility index (Phi) is 4.61. The van der Waals surface area contributed by atoms with Crippen LogP contribution in [0.3, 0.4) is 0 Å². The molecular weight excluding hydrogens is 303 g/mol. The largest absolute Gasteiger partial charge is 0.389 e. The van der Waals surface area contributed by atoms with Crippen molar-refractivity contribution in [2.75, 3.05) is 25.0 Å². The zero-order valence-electron chi connectivity index (χ0n) is 14.5. The fraction of sp³-hybridized carbons (Fsp3) is 0.400. The average Bonchev–Trinajstić information content (AvgIpc) is 2.82.